The van der Waals surface area contributed by atoms with Crippen LogP contribution in [0.2, 0.25) is 0 Å². The summed E-state index contributed by atoms with van der Waals surface area (Å²) < 4.78 is 5.03. The smallest absolute Gasteiger partial charge is 0.291 e. The van der Waals surface area contributed by atoms with E-state index in [9.17, 15) is 4.79 Å². The minimum absolute atomic E-state index is 0.167. The molecule has 2 aromatic heterocycles. The van der Waals surface area contributed by atoms with Gasteiger partial charge in [0.15, 0.2) is 5.75 Å². The number of rotatable bonds is 4. The Balaban J connectivity index is 1.49. The average molecular weight is 340 g/mol. The molecule has 4 rings (SSSR count). The Bertz CT molecular complexity index is 775. The molecule has 2 aromatic rings. The normalized spacial score (nSPS) is 16.8. The van der Waals surface area contributed by atoms with Gasteiger partial charge in [0.2, 0.25) is 5.82 Å². The van der Waals surface area contributed by atoms with Crippen LogP contribution in [0.4, 0.5) is 5.82 Å². The second-order valence-corrected chi connectivity index (χ2v) is 6.30. The van der Waals surface area contributed by atoms with Gasteiger partial charge < -0.3 is 15.0 Å². The van der Waals surface area contributed by atoms with Crippen molar-refractivity contribution in [1.82, 2.24) is 24.8 Å². The lowest BCUT2D eigenvalue weighted by atomic mass is 10.1. The van der Waals surface area contributed by atoms with Gasteiger partial charge in [0.25, 0.3) is 5.91 Å². The fourth-order valence-electron chi connectivity index (χ4n) is 2.95. The van der Waals surface area contributed by atoms with E-state index in [1.807, 2.05) is 0 Å². The summed E-state index contributed by atoms with van der Waals surface area (Å²) in [6.07, 6.45) is 8.45. The largest absolute Gasteiger partial charge is 0.494 e. The highest BCUT2D eigenvalue weighted by molar-refractivity contribution is 5.90. The first kappa shape index (κ1) is 15.7. The van der Waals surface area contributed by atoms with Crippen molar-refractivity contribution in [3.8, 4) is 5.75 Å². The van der Waals surface area contributed by atoms with Gasteiger partial charge in [-0.05, 0) is 19.3 Å². The molecule has 0 bridgehead atoms. The molecule has 8 nitrogen and oxygen atoms in total. The molecule has 1 N–H and O–H groups in total. The van der Waals surface area contributed by atoms with E-state index in [2.05, 4.69) is 25.3 Å². The first-order valence-electron chi connectivity index (χ1n) is 8.49. The molecule has 1 saturated carbocycles. The van der Waals surface area contributed by atoms with E-state index in [4.69, 9.17) is 4.74 Å². The van der Waals surface area contributed by atoms with Crippen molar-refractivity contribution in [2.24, 2.45) is 0 Å². The molecule has 1 amide bonds. The first-order valence-corrected chi connectivity index (χ1v) is 8.49. The minimum atomic E-state index is -0.167. The zero-order valence-electron chi connectivity index (χ0n) is 14.1. The van der Waals surface area contributed by atoms with Crippen molar-refractivity contribution >= 4 is 11.7 Å². The fourth-order valence-corrected chi connectivity index (χ4v) is 2.95. The third-order valence-corrected chi connectivity index (χ3v) is 4.55. The second kappa shape index (κ2) is 6.62. The number of fused-ring (bicyclic) bond motifs is 1. The van der Waals surface area contributed by atoms with E-state index in [1.165, 1.54) is 25.2 Å². The lowest BCUT2D eigenvalue weighted by molar-refractivity contribution is 0.0750. The Labute approximate surface area is 145 Å². The number of anilines is 1. The summed E-state index contributed by atoms with van der Waals surface area (Å²) in [6.45, 7) is 1.20. The minimum Gasteiger partial charge on any atom is -0.494 e. The molecule has 0 radical (unpaired) electrons. The Kier molecular flexibility index (Phi) is 4.17. The number of amides is 1. The van der Waals surface area contributed by atoms with Gasteiger partial charge in [-0.2, -0.15) is 0 Å². The van der Waals surface area contributed by atoms with Crippen LogP contribution in [0.1, 0.15) is 34.7 Å². The van der Waals surface area contributed by atoms with Crippen LogP contribution in [0, 0.1) is 0 Å². The predicted octanol–water partition coefficient (Wildman–Crippen LogP) is 1.09. The standard InChI is InChI=1S/C17H20N6O2/c1-25-12-8-18-16(19-9-12)17(24)23-6-4-13-14(5-7-23)20-10-21-15(13)22-11-2-3-11/h8-11H,2-7H2,1H3,(H,20,21,22). The lowest BCUT2D eigenvalue weighted by Crippen LogP contribution is -2.34. The third-order valence-electron chi connectivity index (χ3n) is 4.55. The van der Waals surface area contributed by atoms with E-state index in [-0.39, 0.29) is 11.7 Å². The Morgan fingerprint density at radius 2 is 1.92 bits per heavy atom. The van der Waals surface area contributed by atoms with Gasteiger partial charge >= 0.3 is 0 Å². The highest BCUT2D eigenvalue weighted by Crippen LogP contribution is 2.27. The number of nitrogens with zero attached hydrogens (tertiary/aromatic N) is 5. The van der Waals surface area contributed by atoms with E-state index < -0.39 is 0 Å². The Morgan fingerprint density at radius 3 is 2.64 bits per heavy atom. The lowest BCUT2D eigenvalue weighted by Gasteiger charge is -2.19. The number of hydrogen-bond donors (Lipinski definition) is 1. The predicted molar refractivity (Wildman–Crippen MR) is 90.6 cm³/mol. The van der Waals surface area contributed by atoms with Crippen molar-refractivity contribution in [2.75, 3.05) is 25.5 Å². The summed E-state index contributed by atoms with van der Waals surface area (Å²) >= 11 is 0. The van der Waals surface area contributed by atoms with Crippen molar-refractivity contribution < 1.29 is 9.53 Å². The maximum Gasteiger partial charge on any atom is 0.291 e. The summed E-state index contributed by atoms with van der Waals surface area (Å²) in [5.74, 6) is 1.47. The van der Waals surface area contributed by atoms with Gasteiger partial charge in [-0.1, -0.05) is 0 Å². The molecule has 3 heterocycles. The highest BCUT2D eigenvalue weighted by Gasteiger charge is 2.27. The number of carbonyl (C=O) groups is 1. The van der Waals surface area contributed by atoms with Crippen molar-refractivity contribution in [3.05, 3.63) is 35.8 Å². The quantitative estimate of drug-likeness (QED) is 0.890. The van der Waals surface area contributed by atoms with E-state index >= 15 is 0 Å². The van der Waals surface area contributed by atoms with Crippen LogP contribution in [0.5, 0.6) is 5.75 Å². The molecule has 8 heteroatoms. The van der Waals surface area contributed by atoms with E-state index in [1.54, 1.807) is 18.3 Å². The molecule has 1 aliphatic heterocycles. The van der Waals surface area contributed by atoms with Crippen molar-refractivity contribution in [2.45, 2.75) is 31.7 Å². The molecular weight excluding hydrogens is 320 g/mol. The van der Waals surface area contributed by atoms with Crippen LogP contribution >= 0.6 is 0 Å². The van der Waals surface area contributed by atoms with Gasteiger partial charge in [0.05, 0.1) is 25.2 Å². The molecule has 0 atom stereocenters. The zero-order valence-corrected chi connectivity index (χ0v) is 14.1. The number of methoxy groups -OCH3 is 1. The number of aromatic nitrogens is 4. The number of ether oxygens (including phenoxy) is 1. The fraction of sp³-hybridized carbons (Fsp3) is 0.471. The van der Waals surface area contributed by atoms with Crippen LogP contribution < -0.4 is 10.1 Å². The van der Waals surface area contributed by atoms with E-state index in [0.29, 0.717) is 31.3 Å². The number of nitrogens with one attached hydrogen (secondary N) is 1. The van der Waals surface area contributed by atoms with Crippen LogP contribution in [0.15, 0.2) is 18.7 Å². The summed E-state index contributed by atoms with van der Waals surface area (Å²) in [6, 6.07) is 0.535. The Hall–Kier alpha value is -2.77. The van der Waals surface area contributed by atoms with Gasteiger partial charge in [-0.3, -0.25) is 4.79 Å². The topological polar surface area (TPSA) is 93.1 Å². The van der Waals surface area contributed by atoms with Crippen molar-refractivity contribution in [1.29, 1.82) is 0 Å². The Morgan fingerprint density at radius 1 is 1.16 bits per heavy atom. The summed E-state index contributed by atoms with van der Waals surface area (Å²) in [5, 5.41) is 3.47. The molecule has 0 unspecified atom stereocenters. The molecule has 0 spiro atoms. The SMILES string of the molecule is COc1cnc(C(=O)N2CCc3ncnc(NC4CC4)c3CC2)nc1. The summed E-state index contributed by atoms with van der Waals surface area (Å²) in [7, 11) is 1.54. The third kappa shape index (κ3) is 3.38. The number of carbonyl (C=O) groups excluding carboxylic acids is 1. The van der Waals surface area contributed by atoms with E-state index in [0.717, 1.165) is 23.5 Å². The molecule has 25 heavy (non-hydrogen) atoms. The van der Waals surface area contributed by atoms with Gasteiger partial charge in [-0.25, -0.2) is 19.9 Å². The van der Waals surface area contributed by atoms with Crippen molar-refractivity contribution in [3.63, 3.8) is 0 Å². The average Bonchev–Trinajstić information content (AvgIpc) is 3.48. The van der Waals surface area contributed by atoms with Gasteiger partial charge in [-0.15, -0.1) is 0 Å². The van der Waals surface area contributed by atoms with Crippen LogP contribution in [-0.4, -0.2) is 57.0 Å². The maximum atomic E-state index is 12.7. The highest BCUT2D eigenvalue weighted by atomic mass is 16.5. The monoisotopic (exact) mass is 340 g/mol. The molecule has 1 fully saturated rings. The summed E-state index contributed by atoms with van der Waals surface area (Å²) in [4.78, 5) is 31.5. The molecule has 0 aromatic carbocycles. The van der Waals surface area contributed by atoms with Gasteiger partial charge in [0.1, 0.15) is 12.1 Å². The van der Waals surface area contributed by atoms with Crippen LogP contribution in [0.3, 0.4) is 0 Å². The maximum absolute atomic E-state index is 12.7. The molecule has 1 aliphatic carbocycles. The van der Waals surface area contributed by atoms with Gasteiger partial charge in [0, 0.05) is 31.1 Å². The molecule has 130 valence electrons. The zero-order chi connectivity index (χ0) is 17.2. The molecular formula is C17H20N6O2. The molecule has 2 aliphatic rings. The van der Waals surface area contributed by atoms with Crippen LogP contribution in [0.25, 0.3) is 0 Å². The molecule has 0 saturated heterocycles. The first-order chi connectivity index (χ1) is 12.2. The number of hydrogen-bond acceptors (Lipinski definition) is 7. The summed E-state index contributed by atoms with van der Waals surface area (Å²) in [5.41, 5.74) is 2.14. The van der Waals surface area contributed by atoms with Crippen LogP contribution in [-0.2, 0) is 12.8 Å². The second-order valence-electron chi connectivity index (χ2n) is 6.30.